The molecule has 2 saturated heterocycles. The molecule has 2 fully saturated rings. The van der Waals surface area contributed by atoms with Crippen LogP contribution in [0, 0.1) is 0 Å². The number of sulfone groups is 1. The Morgan fingerprint density at radius 3 is 2.68 bits per heavy atom. The third-order valence-corrected chi connectivity index (χ3v) is 6.77. The number of rotatable bonds is 6. The summed E-state index contributed by atoms with van der Waals surface area (Å²) in [5.41, 5.74) is 1.07. The van der Waals surface area contributed by atoms with E-state index in [0.29, 0.717) is 39.1 Å². The third kappa shape index (κ3) is 4.37. The molecular weight excluding hydrogens is 342 g/mol. The van der Waals surface area contributed by atoms with Crippen LogP contribution in [0.25, 0.3) is 0 Å². The van der Waals surface area contributed by atoms with Crippen molar-refractivity contribution >= 4 is 15.7 Å². The predicted molar refractivity (Wildman–Crippen MR) is 93.9 cm³/mol. The maximum absolute atomic E-state index is 12.7. The van der Waals surface area contributed by atoms with Gasteiger partial charge in [0.2, 0.25) is 5.91 Å². The molecule has 0 N–H and O–H groups in total. The smallest absolute Gasteiger partial charge is 0.223 e. The Morgan fingerprint density at radius 1 is 1.24 bits per heavy atom. The minimum atomic E-state index is -3.10. The van der Waals surface area contributed by atoms with Crippen LogP contribution in [0.5, 0.6) is 0 Å². The molecule has 2 aliphatic rings. The minimum absolute atomic E-state index is 0.0373. The fourth-order valence-corrected chi connectivity index (χ4v) is 5.78. The maximum atomic E-state index is 12.7. The molecule has 7 nitrogen and oxygen atoms in total. The Balaban J connectivity index is 1.66. The van der Waals surface area contributed by atoms with E-state index in [9.17, 15) is 13.2 Å². The van der Waals surface area contributed by atoms with Gasteiger partial charge in [0, 0.05) is 51.6 Å². The van der Waals surface area contributed by atoms with E-state index in [1.54, 1.807) is 24.4 Å². The fraction of sp³-hybridized carbons (Fsp3) is 0.647. The van der Waals surface area contributed by atoms with Crippen molar-refractivity contribution in [1.29, 1.82) is 0 Å². The molecule has 25 heavy (non-hydrogen) atoms. The van der Waals surface area contributed by atoms with E-state index in [4.69, 9.17) is 4.74 Å². The van der Waals surface area contributed by atoms with Crippen LogP contribution in [0.1, 0.15) is 12.0 Å². The Hall–Kier alpha value is -1.51. The van der Waals surface area contributed by atoms with Crippen LogP contribution in [0.2, 0.25) is 0 Å². The van der Waals surface area contributed by atoms with Gasteiger partial charge >= 0.3 is 0 Å². The highest BCUT2D eigenvalue weighted by Gasteiger charge is 2.47. The SMILES string of the molecule is COCCN1CCN(C(=O)CCc2ccncc2)[C@H]2CS(=O)(=O)C[C@H]21. The van der Waals surface area contributed by atoms with E-state index in [-0.39, 0.29) is 29.5 Å². The van der Waals surface area contributed by atoms with Gasteiger partial charge in [0.15, 0.2) is 9.84 Å². The van der Waals surface area contributed by atoms with E-state index < -0.39 is 9.84 Å². The number of aryl methyl sites for hydroxylation is 1. The van der Waals surface area contributed by atoms with E-state index in [1.807, 2.05) is 12.1 Å². The molecule has 2 aliphatic heterocycles. The number of pyridine rings is 1. The number of carbonyl (C=O) groups excluding carboxylic acids is 1. The fourth-order valence-electron chi connectivity index (χ4n) is 3.76. The summed E-state index contributed by atoms with van der Waals surface area (Å²) >= 11 is 0. The van der Waals surface area contributed by atoms with Crippen molar-refractivity contribution in [2.24, 2.45) is 0 Å². The summed E-state index contributed by atoms with van der Waals surface area (Å²) in [7, 11) is -1.46. The van der Waals surface area contributed by atoms with Crippen LogP contribution in [0.4, 0.5) is 0 Å². The van der Waals surface area contributed by atoms with Crippen LogP contribution >= 0.6 is 0 Å². The monoisotopic (exact) mass is 367 g/mol. The number of piperazine rings is 1. The number of hydrogen-bond acceptors (Lipinski definition) is 6. The normalized spacial score (nSPS) is 25.7. The predicted octanol–water partition coefficient (Wildman–Crippen LogP) is -0.0296. The number of fused-ring (bicyclic) bond motifs is 1. The van der Waals surface area contributed by atoms with Gasteiger partial charge in [-0.05, 0) is 24.1 Å². The van der Waals surface area contributed by atoms with Crippen molar-refractivity contribution in [3.05, 3.63) is 30.1 Å². The quantitative estimate of drug-likeness (QED) is 0.703. The summed E-state index contributed by atoms with van der Waals surface area (Å²) in [4.78, 5) is 20.6. The molecule has 0 bridgehead atoms. The van der Waals surface area contributed by atoms with Gasteiger partial charge in [-0.2, -0.15) is 0 Å². The zero-order valence-electron chi connectivity index (χ0n) is 14.5. The minimum Gasteiger partial charge on any atom is -0.383 e. The lowest BCUT2D eigenvalue weighted by Gasteiger charge is -2.44. The summed E-state index contributed by atoms with van der Waals surface area (Å²) in [6.07, 6.45) is 4.47. The van der Waals surface area contributed by atoms with Crippen LogP contribution in [-0.2, 0) is 25.8 Å². The second-order valence-electron chi connectivity index (χ2n) is 6.68. The number of hydrogen-bond donors (Lipinski definition) is 0. The van der Waals surface area contributed by atoms with Gasteiger partial charge < -0.3 is 9.64 Å². The molecular formula is C17H25N3O4S. The van der Waals surface area contributed by atoms with Crippen molar-refractivity contribution in [2.75, 3.05) is 44.9 Å². The molecule has 8 heteroatoms. The highest BCUT2D eigenvalue weighted by molar-refractivity contribution is 7.91. The summed E-state index contributed by atoms with van der Waals surface area (Å²) in [6.45, 7) is 2.54. The average Bonchev–Trinajstić information content (AvgIpc) is 2.93. The molecule has 2 atom stereocenters. The first-order valence-electron chi connectivity index (χ1n) is 8.62. The highest BCUT2D eigenvalue weighted by atomic mass is 32.2. The van der Waals surface area contributed by atoms with Gasteiger partial charge in [0.25, 0.3) is 0 Å². The van der Waals surface area contributed by atoms with Gasteiger partial charge in [0.1, 0.15) is 0 Å². The van der Waals surface area contributed by atoms with Crippen LogP contribution in [0.15, 0.2) is 24.5 Å². The number of nitrogens with zero attached hydrogens (tertiary/aromatic N) is 3. The van der Waals surface area contributed by atoms with Crippen LogP contribution in [0.3, 0.4) is 0 Å². The number of carbonyl (C=O) groups is 1. The average molecular weight is 367 g/mol. The van der Waals surface area contributed by atoms with E-state index >= 15 is 0 Å². The summed E-state index contributed by atoms with van der Waals surface area (Å²) in [5.74, 6) is 0.243. The molecule has 0 unspecified atom stereocenters. The zero-order valence-corrected chi connectivity index (χ0v) is 15.3. The van der Waals surface area contributed by atoms with E-state index in [0.717, 1.165) is 5.56 Å². The molecule has 3 rings (SSSR count). The molecule has 3 heterocycles. The lowest BCUT2D eigenvalue weighted by atomic mass is 10.0. The Morgan fingerprint density at radius 2 is 1.96 bits per heavy atom. The Bertz CT molecular complexity index is 695. The van der Waals surface area contributed by atoms with Crippen molar-refractivity contribution in [3.63, 3.8) is 0 Å². The first kappa shape index (κ1) is 18.3. The second-order valence-corrected chi connectivity index (χ2v) is 8.84. The number of methoxy groups -OCH3 is 1. The molecule has 0 saturated carbocycles. The van der Waals surface area contributed by atoms with Gasteiger partial charge in [-0.3, -0.25) is 14.7 Å². The van der Waals surface area contributed by atoms with Crippen molar-refractivity contribution in [2.45, 2.75) is 24.9 Å². The molecule has 0 aliphatic carbocycles. The van der Waals surface area contributed by atoms with E-state index in [2.05, 4.69) is 9.88 Å². The Kier molecular flexibility index (Phi) is 5.71. The molecule has 0 aromatic carbocycles. The van der Waals surface area contributed by atoms with Crippen molar-refractivity contribution in [1.82, 2.24) is 14.8 Å². The van der Waals surface area contributed by atoms with Gasteiger partial charge in [-0.25, -0.2) is 8.42 Å². The lowest BCUT2D eigenvalue weighted by Crippen LogP contribution is -2.61. The number of aromatic nitrogens is 1. The summed E-state index contributed by atoms with van der Waals surface area (Å²) in [6, 6.07) is 3.46. The molecule has 0 radical (unpaired) electrons. The summed E-state index contributed by atoms with van der Waals surface area (Å²) < 4.78 is 29.5. The highest BCUT2D eigenvalue weighted by Crippen LogP contribution is 2.27. The summed E-state index contributed by atoms with van der Waals surface area (Å²) in [5, 5.41) is 0. The molecule has 1 aromatic heterocycles. The van der Waals surface area contributed by atoms with Crippen LogP contribution in [-0.4, -0.2) is 86.0 Å². The number of ether oxygens (including phenoxy) is 1. The number of amides is 1. The van der Waals surface area contributed by atoms with Crippen molar-refractivity contribution < 1.29 is 17.9 Å². The maximum Gasteiger partial charge on any atom is 0.223 e. The molecule has 1 aromatic rings. The zero-order chi connectivity index (χ0) is 17.9. The van der Waals surface area contributed by atoms with Crippen LogP contribution < -0.4 is 0 Å². The topological polar surface area (TPSA) is 79.8 Å². The van der Waals surface area contributed by atoms with E-state index in [1.165, 1.54) is 0 Å². The molecule has 1 amide bonds. The molecule has 0 spiro atoms. The van der Waals surface area contributed by atoms with Gasteiger partial charge in [-0.1, -0.05) is 0 Å². The van der Waals surface area contributed by atoms with Gasteiger partial charge in [-0.15, -0.1) is 0 Å². The second kappa shape index (κ2) is 7.80. The molecule has 138 valence electrons. The lowest BCUT2D eigenvalue weighted by molar-refractivity contribution is -0.137. The third-order valence-electron chi connectivity index (χ3n) is 5.07. The first-order chi connectivity index (χ1) is 12.0. The Labute approximate surface area is 148 Å². The van der Waals surface area contributed by atoms with Gasteiger partial charge in [0.05, 0.1) is 24.2 Å². The standard InChI is InChI=1S/C17H25N3O4S/c1-24-11-10-19-8-9-20(16-13-25(22,23)12-15(16)19)17(21)3-2-14-4-6-18-7-5-14/h4-7,15-16H,2-3,8-13H2,1H3/t15-,16+/m1/s1. The van der Waals surface area contributed by atoms with Crippen molar-refractivity contribution in [3.8, 4) is 0 Å². The first-order valence-corrected chi connectivity index (χ1v) is 10.4. The largest absolute Gasteiger partial charge is 0.383 e.